The number of hydrogen-bond donors (Lipinski definition) is 3. The monoisotopic (exact) mass is 481 g/mol. The van der Waals surface area contributed by atoms with E-state index in [0.29, 0.717) is 17.0 Å². The largest absolute Gasteiger partial charge is 0.573 e. The molecule has 0 radical (unpaired) electrons. The van der Waals surface area contributed by atoms with Crippen LogP contribution in [-0.4, -0.2) is 36.1 Å². The van der Waals surface area contributed by atoms with Gasteiger partial charge < -0.3 is 20.5 Å². The summed E-state index contributed by atoms with van der Waals surface area (Å²) in [6, 6.07) is 20.3. The van der Waals surface area contributed by atoms with Gasteiger partial charge in [0.15, 0.2) is 0 Å². The second kappa shape index (κ2) is 9.67. The van der Waals surface area contributed by atoms with E-state index in [1.807, 2.05) is 42.5 Å². The van der Waals surface area contributed by atoms with Gasteiger partial charge in [0.1, 0.15) is 5.75 Å². The number of amides is 1. The van der Waals surface area contributed by atoms with Crippen LogP contribution in [0.1, 0.15) is 16.7 Å². The summed E-state index contributed by atoms with van der Waals surface area (Å²) in [7, 11) is 0. The zero-order chi connectivity index (χ0) is 25.0. The fourth-order valence-corrected chi connectivity index (χ4v) is 3.28. The van der Waals surface area contributed by atoms with E-state index in [1.165, 1.54) is 12.1 Å². The molecule has 1 aliphatic heterocycles. The highest BCUT2D eigenvalue weighted by molar-refractivity contribution is 6.19. The third kappa shape index (κ3) is 5.82. The first kappa shape index (κ1) is 23.5. The number of anilines is 1. The number of carbonyl (C=O) groups excluding carboxylic acids is 1. The molecule has 0 bridgehead atoms. The molecule has 1 aliphatic rings. The molecule has 0 spiro atoms. The molecule has 3 aromatic rings. The lowest BCUT2D eigenvalue weighted by Crippen LogP contribution is -2.29. The first-order valence-corrected chi connectivity index (χ1v) is 10.2. The van der Waals surface area contributed by atoms with Crippen LogP contribution in [0.3, 0.4) is 0 Å². The summed E-state index contributed by atoms with van der Waals surface area (Å²) in [5.41, 5.74) is 8.44. The fourth-order valence-electron chi connectivity index (χ4n) is 3.28. The van der Waals surface area contributed by atoms with Gasteiger partial charge in [-0.3, -0.25) is 10.2 Å². The van der Waals surface area contributed by atoms with E-state index in [2.05, 4.69) is 20.0 Å². The number of fused-ring (bicyclic) bond motifs is 1. The van der Waals surface area contributed by atoms with Crippen LogP contribution in [0.5, 0.6) is 5.75 Å². The van der Waals surface area contributed by atoms with Gasteiger partial charge in [-0.05, 0) is 30.3 Å². The standard InChI is InChI=1S/C24H18F3N5O3/c25-24(26,27)35-16-12-10-15(11-13-16)20(28)34-23(29)32-21-22(33)30-18-9-5-4-8-17(18)19(31-21)14-6-2-1-3-7-14/h1-13,21,28H,(H2,29,32)(H,30,33). The molecule has 1 heterocycles. The zero-order valence-electron chi connectivity index (χ0n) is 17.9. The minimum Gasteiger partial charge on any atom is -0.407 e. The number of rotatable bonds is 4. The number of hydrogen-bond acceptors (Lipinski definition) is 6. The van der Waals surface area contributed by atoms with Gasteiger partial charge in [-0.15, -0.1) is 13.2 Å². The third-order valence-electron chi connectivity index (χ3n) is 4.78. The van der Waals surface area contributed by atoms with Crippen LogP contribution < -0.4 is 15.8 Å². The van der Waals surface area contributed by atoms with Gasteiger partial charge in [-0.1, -0.05) is 48.5 Å². The van der Waals surface area contributed by atoms with Gasteiger partial charge in [-0.2, -0.15) is 4.99 Å². The Bertz CT molecular complexity index is 1310. The number of nitrogens with one attached hydrogen (secondary N) is 2. The molecule has 0 aliphatic carbocycles. The lowest BCUT2D eigenvalue weighted by molar-refractivity contribution is -0.274. The molecule has 8 nitrogen and oxygen atoms in total. The summed E-state index contributed by atoms with van der Waals surface area (Å²) in [5, 5.41) is 10.8. The maximum absolute atomic E-state index is 12.8. The van der Waals surface area contributed by atoms with Gasteiger partial charge in [0.2, 0.25) is 12.1 Å². The number of benzene rings is 3. The molecular formula is C24H18F3N5O3. The second-order valence-corrected chi connectivity index (χ2v) is 7.22. The van der Waals surface area contributed by atoms with Crippen LogP contribution in [0.2, 0.25) is 0 Å². The highest BCUT2D eigenvalue weighted by atomic mass is 19.4. The minimum absolute atomic E-state index is 0.115. The Labute approximate surface area is 197 Å². The molecule has 1 atom stereocenters. The Balaban J connectivity index is 1.57. The average Bonchev–Trinajstić information content (AvgIpc) is 2.95. The van der Waals surface area contributed by atoms with Gasteiger partial charge in [0.05, 0.1) is 11.4 Å². The van der Waals surface area contributed by atoms with Crippen molar-refractivity contribution in [2.45, 2.75) is 12.5 Å². The van der Waals surface area contributed by atoms with Gasteiger partial charge in [0.25, 0.3) is 11.9 Å². The molecule has 0 aromatic heterocycles. The fraction of sp³-hybridized carbons (Fsp3) is 0.0833. The lowest BCUT2D eigenvalue weighted by Gasteiger charge is -2.11. The Morgan fingerprint density at radius 1 is 1.00 bits per heavy atom. The number of para-hydroxylation sites is 1. The predicted octanol–water partition coefficient (Wildman–Crippen LogP) is 4.06. The quantitative estimate of drug-likeness (QED) is 0.384. The van der Waals surface area contributed by atoms with Crippen LogP contribution in [0.25, 0.3) is 0 Å². The van der Waals surface area contributed by atoms with Crippen molar-refractivity contribution < 1.29 is 27.4 Å². The molecule has 4 rings (SSSR count). The van der Waals surface area contributed by atoms with Crippen LogP contribution in [-0.2, 0) is 9.53 Å². The number of amidine groups is 1. The van der Waals surface area contributed by atoms with E-state index in [9.17, 15) is 18.0 Å². The average molecular weight is 481 g/mol. The van der Waals surface area contributed by atoms with E-state index in [-0.39, 0.29) is 5.56 Å². The molecule has 0 saturated heterocycles. The van der Waals surface area contributed by atoms with Crippen molar-refractivity contribution in [2.75, 3.05) is 5.32 Å². The van der Waals surface area contributed by atoms with Crippen molar-refractivity contribution in [3.8, 4) is 5.75 Å². The Kier molecular flexibility index (Phi) is 6.49. The molecule has 1 amide bonds. The van der Waals surface area contributed by atoms with Crippen molar-refractivity contribution >= 4 is 29.2 Å². The van der Waals surface area contributed by atoms with Crippen LogP contribution in [0.4, 0.5) is 18.9 Å². The van der Waals surface area contributed by atoms with E-state index >= 15 is 0 Å². The van der Waals surface area contributed by atoms with Crippen LogP contribution in [0.15, 0.2) is 88.8 Å². The Morgan fingerprint density at radius 3 is 2.34 bits per heavy atom. The summed E-state index contributed by atoms with van der Waals surface area (Å²) in [5.74, 6) is -1.50. The van der Waals surface area contributed by atoms with Gasteiger partial charge in [-0.25, -0.2) is 4.99 Å². The van der Waals surface area contributed by atoms with Crippen molar-refractivity contribution in [1.82, 2.24) is 0 Å². The summed E-state index contributed by atoms with van der Waals surface area (Å²) in [4.78, 5) is 21.3. The topological polar surface area (TPSA) is 122 Å². The maximum atomic E-state index is 12.8. The number of carbonyl (C=O) groups is 1. The third-order valence-corrected chi connectivity index (χ3v) is 4.78. The first-order chi connectivity index (χ1) is 16.7. The number of nitrogens with two attached hydrogens (primary N) is 1. The van der Waals surface area contributed by atoms with E-state index in [1.54, 1.807) is 12.1 Å². The number of halogens is 3. The van der Waals surface area contributed by atoms with Gasteiger partial charge in [0, 0.05) is 16.7 Å². The molecule has 35 heavy (non-hydrogen) atoms. The summed E-state index contributed by atoms with van der Waals surface area (Å²) in [6.07, 6.45) is -6.14. The molecule has 11 heteroatoms. The molecular weight excluding hydrogens is 463 g/mol. The van der Waals surface area contributed by atoms with Crippen molar-refractivity contribution in [3.05, 3.63) is 95.6 Å². The molecule has 0 saturated carbocycles. The number of nitrogens with zero attached hydrogens (tertiary/aromatic N) is 2. The molecule has 4 N–H and O–H groups in total. The smallest absolute Gasteiger partial charge is 0.407 e. The summed E-state index contributed by atoms with van der Waals surface area (Å²) >= 11 is 0. The first-order valence-electron chi connectivity index (χ1n) is 10.2. The predicted molar refractivity (Wildman–Crippen MR) is 124 cm³/mol. The van der Waals surface area contributed by atoms with Crippen LogP contribution in [0, 0.1) is 5.41 Å². The Morgan fingerprint density at radius 2 is 1.66 bits per heavy atom. The molecule has 3 aromatic carbocycles. The van der Waals surface area contributed by atoms with E-state index < -0.39 is 36.1 Å². The summed E-state index contributed by atoms with van der Waals surface area (Å²) < 4.78 is 45.9. The SMILES string of the molecule is N=C(O/C(N)=N/C1N=C(c2ccccc2)c2ccccc2NC1=O)c1ccc(OC(F)(F)F)cc1. The zero-order valence-corrected chi connectivity index (χ0v) is 17.9. The van der Waals surface area contributed by atoms with E-state index in [4.69, 9.17) is 15.9 Å². The minimum atomic E-state index is -4.83. The van der Waals surface area contributed by atoms with Gasteiger partial charge >= 0.3 is 6.36 Å². The Hall–Kier alpha value is -4.67. The highest BCUT2D eigenvalue weighted by Crippen LogP contribution is 2.25. The number of alkyl halides is 3. The number of aliphatic imine (C=N–C) groups is 2. The highest BCUT2D eigenvalue weighted by Gasteiger charge is 2.31. The molecule has 1 unspecified atom stereocenters. The van der Waals surface area contributed by atoms with Crippen molar-refractivity contribution in [2.24, 2.45) is 15.7 Å². The van der Waals surface area contributed by atoms with E-state index in [0.717, 1.165) is 17.7 Å². The second-order valence-electron chi connectivity index (χ2n) is 7.22. The van der Waals surface area contributed by atoms with Crippen molar-refractivity contribution in [3.63, 3.8) is 0 Å². The lowest BCUT2D eigenvalue weighted by atomic mass is 10.0. The number of ether oxygens (including phenoxy) is 2. The molecule has 178 valence electrons. The molecule has 0 fully saturated rings. The van der Waals surface area contributed by atoms with Crippen molar-refractivity contribution in [1.29, 1.82) is 5.41 Å². The summed E-state index contributed by atoms with van der Waals surface area (Å²) in [6.45, 7) is 0. The maximum Gasteiger partial charge on any atom is 0.573 e. The number of benzodiazepines with no additional fused rings is 1. The normalized spacial score (nSPS) is 15.9. The van der Waals surface area contributed by atoms with Crippen LogP contribution >= 0.6 is 0 Å².